The maximum Gasteiger partial charge on any atom is 0.191 e. The zero-order valence-electron chi connectivity index (χ0n) is 12.6. The van der Waals surface area contributed by atoms with Gasteiger partial charge in [-0.2, -0.15) is 0 Å². The summed E-state index contributed by atoms with van der Waals surface area (Å²) in [7, 11) is 2.99. The van der Waals surface area contributed by atoms with Gasteiger partial charge in [0.05, 0.1) is 30.5 Å². The van der Waals surface area contributed by atoms with E-state index in [9.17, 15) is 9.18 Å². The Morgan fingerprint density at radius 1 is 1.17 bits per heavy atom. The molecule has 0 atom stereocenters. The highest BCUT2D eigenvalue weighted by Crippen LogP contribution is 2.25. The van der Waals surface area contributed by atoms with Crippen molar-refractivity contribution < 1.29 is 18.7 Å². The third-order valence-electron chi connectivity index (χ3n) is 3.07. The Kier molecular flexibility index (Phi) is 5.60. The van der Waals surface area contributed by atoms with Crippen LogP contribution in [-0.2, 0) is 0 Å². The van der Waals surface area contributed by atoms with Gasteiger partial charge in [0.15, 0.2) is 5.78 Å². The lowest BCUT2D eigenvalue weighted by Gasteiger charge is -2.08. The van der Waals surface area contributed by atoms with Gasteiger partial charge in [-0.1, -0.05) is 11.6 Å². The highest BCUT2D eigenvalue weighted by molar-refractivity contribution is 6.33. The largest absolute Gasteiger partial charge is 0.497 e. The van der Waals surface area contributed by atoms with Gasteiger partial charge in [-0.15, -0.1) is 0 Å². The number of ketones is 1. The molecule has 23 heavy (non-hydrogen) atoms. The zero-order chi connectivity index (χ0) is 16.8. The molecular formula is C17H15ClFNO3. The fraction of sp³-hybridized carbons (Fsp3) is 0.118. The van der Waals surface area contributed by atoms with Crippen LogP contribution >= 0.6 is 11.6 Å². The number of anilines is 1. The standard InChI is InChI=1S/C17H15ClFNO3/c1-22-12-4-6-17(23-2)13(10-12)16(21)7-8-20-15-9-11(19)3-5-14(15)18/h3-10,20H,1-2H3. The number of allylic oxidation sites excluding steroid dienone is 1. The van der Waals surface area contributed by atoms with Gasteiger partial charge in [0.1, 0.15) is 17.3 Å². The predicted octanol–water partition coefficient (Wildman–Crippen LogP) is 4.30. The third-order valence-corrected chi connectivity index (χ3v) is 3.40. The number of carbonyl (C=O) groups is 1. The molecule has 0 aromatic heterocycles. The van der Waals surface area contributed by atoms with Crippen LogP contribution in [0.1, 0.15) is 10.4 Å². The van der Waals surface area contributed by atoms with Gasteiger partial charge in [-0.3, -0.25) is 4.79 Å². The van der Waals surface area contributed by atoms with E-state index >= 15 is 0 Å². The Balaban J connectivity index is 2.17. The average Bonchev–Trinajstić information content (AvgIpc) is 2.57. The van der Waals surface area contributed by atoms with Crippen LogP contribution in [0, 0.1) is 5.82 Å². The highest BCUT2D eigenvalue weighted by Gasteiger charge is 2.11. The summed E-state index contributed by atoms with van der Waals surface area (Å²) in [5, 5.41) is 3.12. The van der Waals surface area contributed by atoms with Crippen LogP contribution in [0.3, 0.4) is 0 Å². The smallest absolute Gasteiger partial charge is 0.191 e. The van der Waals surface area contributed by atoms with Gasteiger partial charge in [-0.05, 0) is 36.4 Å². The van der Waals surface area contributed by atoms with Gasteiger partial charge in [0.2, 0.25) is 0 Å². The first kappa shape index (κ1) is 16.8. The highest BCUT2D eigenvalue weighted by atomic mass is 35.5. The van der Waals surface area contributed by atoms with E-state index in [-0.39, 0.29) is 5.78 Å². The van der Waals surface area contributed by atoms with Crippen molar-refractivity contribution in [3.05, 3.63) is 65.1 Å². The molecular weight excluding hydrogens is 321 g/mol. The minimum absolute atomic E-state index is 0.291. The van der Waals surface area contributed by atoms with E-state index in [0.717, 1.165) is 0 Å². The molecule has 0 saturated carbocycles. The fourth-order valence-corrected chi connectivity index (χ4v) is 2.08. The molecule has 2 aromatic carbocycles. The molecule has 6 heteroatoms. The number of benzene rings is 2. The SMILES string of the molecule is COc1ccc(OC)c(C(=O)C=CNc2cc(F)ccc2Cl)c1. The first-order valence-corrected chi connectivity index (χ1v) is 7.07. The van der Waals surface area contributed by atoms with Crippen molar-refractivity contribution in [2.45, 2.75) is 0 Å². The number of halogens is 2. The lowest BCUT2D eigenvalue weighted by Crippen LogP contribution is -2.01. The Morgan fingerprint density at radius 3 is 2.65 bits per heavy atom. The zero-order valence-corrected chi connectivity index (χ0v) is 13.4. The molecule has 0 bridgehead atoms. The van der Waals surface area contributed by atoms with Crippen molar-refractivity contribution in [1.29, 1.82) is 0 Å². The second-order valence-electron chi connectivity index (χ2n) is 4.53. The second-order valence-corrected chi connectivity index (χ2v) is 4.94. The molecule has 120 valence electrons. The number of ether oxygens (including phenoxy) is 2. The molecule has 4 nitrogen and oxygen atoms in total. The molecule has 0 aliphatic heterocycles. The minimum atomic E-state index is -0.425. The predicted molar refractivity (Wildman–Crippen MR) is 88.0 cm³/mol. The monoisotopic (exact) mass is 335 g/mol. The van der Waals surface area contributed by atoms with Crippen molar-refractivity contribution in [2.75, 3.05) is 19.5 Å². The Labute approximate surface area is 138 Å². The van der Waals surface area contributed by atoms with E-state index in [0.29, 0.717) is 27.8 Å². The second kappa shape index (κ2) is 7.65. The number of hydrogen-bond donors (Lipinski definition) is 1. The molecule has 0 amide bonds. The Hall–Kier alpha value is -2.53. The van der Waals surface area contributed by atoms with Gasteiger partial charge in [-0.25, -0.2) is 4.39 Å². The summed E-state index contributed by atoms with van der Waals surface area (Å²) in [5.74, 6) is 0.264. The maximum atomic E-state index is 13.2. The molecule has 0 aliphatic carbocycles. The van der Waals surface area contributed by atoms with E-state index in [4.69, 9.17) is 21.1 Å². The summed E-state index contributed by atoms with van der Waals surface area (Å²) in [6.45, 7) is 0. The molecule has 1 N–H and O–H groups in total. The average molecular weight is 336 g/mol. The molecule has 0 spiro atoms. The van der Waals surface area contributed by atoms with Crippen LogP contribution in [-0.4, -0.2) is 20.0 Å². The van der Waals surface area contributed by atoms with Crippen molar-refractivity contribution >= 4 is 23.1 Å². The van der Waals surface area contributed by atoms with Crippen molar-refractivity contribution in [1.82, 2.24) is 0 Å². The number of carbonyl (C=O) groups excluding carboxylic acids is 1. The van der Waals surface area contributed by atoms with Crippen LogP contribution < -0.4 is 14.8 Å². The lowest BCUT2D eigenvalue weighted by atomic mass is 10.1. The van der Waals surface area contributed by atoms with Gasteiger partial charge in [0.25, 0.3) is 0 Å². The molecule has 2 rings (SSSR count). The Bertz CT molecular complexity index is 747. The minimum Gasteiger partial charge on any atom is -0.497 e. The van der Waals surface area contributed by atoms with Gasteiger partial charge < -0.3 is 14.8 Å². The van der Waals surface area contributed by atoms with Crippen LogP contribution in [0.2, 0.25) is 5.02 Å². The molecule has 0 fully saturated rings. The molecule has 2 aromatic rings. The lowest BCUT2D eigenvalue weighted by molar-refractivity contribution is 0.104. The van der Waals surface area contributed by atoms with Crippen molar-refractivity contribution in [2.24, 2.45) is 0 Å². The number of hydrogen-bond acceptors (Lipinski definition) is 4. The van der Waals surface area contributed by atoms with E-state index in [1.54, 1.807) is 18.2 Å². The van der Waals surface area contributed by atoms with Gasteiger partial charge >= 0.3 is 0 Å². The summed E-state index contributed by atoms with van der Waals surface area (Å²) in [6.07, 6.45) is 2.69. The van der Waals surface area contributed by atoms with Crippen molar-refractivity contribution in [3.8, 4) is 11.5 Å². The summed E-state index contributed by atoms with van der Waals surface area (Å²) in [5.41, 5.74) is 0.726. The first-order valence-electron chi connectivity index (χ1n) is 6.69. The molecule has 0 heterocycles. The van der Waals surface area contributed by atoms with E-state index in [2.05, 4.69) is 5.32 Å². The normalized spacial score (nSPS) is 10.6. The number of rotatable bonds is 6. The fourth-order valence-electron chi connectivity index (χ4n) is 1.91. The topological polar surface area (TPSA) is 47.6 Å². The number of methoxy groups -OCH3 is 2. The maximum absolute atomic E-state index is 13.2. The van der Waals surface area contributed by atoms with Crippen molar-refractivity contribution in [3.63, 3.8) is 0 Å². The summed E-state index contributed by atoms with van der Waals surface area (Å²) in [6, 6.07) is 8.86. The summed E-state index contributed by atoms with van der Waals surface area (Å²) in [4.78, 5) is 12.3. The molecule has 0 radical (unpaired) electrons. The summed E-state index contributed by atoms with van der Waals surface area (Å²) < 4.78 is 23.4. The van der Waals surface area contributed by atoms with E-state index in [1.807, 2.05) is 0 Å². The molecule has 0 saturated heterocycles. The third kappa shape index (κ3) is 4.23. The van der Waals surface area contributed by atoms with Crippen LogP contribution in [0.4, 0.5) is 10.1 Å². The van der Waals surface area contributed by atoms with Gasteiger partial charge in [0, 0.05) is 12.3 Å². The summed E-state index contributed by atoms with van der Waals surface area (Å²) >= 11 is 5.93. The van der Waals surface area contributed by atoms with E-state index < -0.39 is 5.82 Å². The van der Waals surface area contributed by atoms with Crippen LogP contribution in [0.25, 0.3) is 0 Å². The van der Waals surface area contributed by atoms with Crippen LogP contribution in [0.15, 0.2) is 48.7 Å². The van der Waals surface area contributed by atoms with E-state index in [1.165, 1.54) is 44.7 Å². The Morgan fingerprint density at radius 2 is 1.96 bits per heavy atom. The quantitative estimate of drug-likeness (QED) is 0.631. The van der Waals surface area contributed by atoms with Crippen LogP contribution in [0.5, 0.6) is 11.5 Å². The molecule has 0 aliphatic rings. The molecule has 0 unspecified atom stereocenters. The first-order chi connectivity index (χ1) is 11.0. The number of nitrogens with one attached hydrogen (secondary N) is 1.